The molecule has 0 aliphatic rings. The van der Waals surface area contributed by atoms with Crippen molar-refractivity contribution in [3.63, 3.8) is 0 Å². The van der Waals surface area contributed by atoms with Crippen LogP contribution in [-0.2, 0) is 6.61 Å². The van der Waals surface area contributed by atoms with Crippen molar-refractivity contribution < 1.29 is 9.84 Å². The molecule has 0 spiro atoms. The molecular formula is C15H15ClO2. The molecule has 0 heterocycles. The largest absolute Gasteiger partial charge is 0.489 e. The number of aliphatic hydroxyl groups is 1. The van der Waals surface area contributed by atoms with Crippen LogP contribution in [0, 0.1) is 0 Å². The van der Waals surface area contributed by atoms with Gasteiger partial charge in [-0.15, -0.1) is 0 Å². The number of aliphatic hydroxyl groups excluding tert-OH is 1. The van der Waals surface area contributed by atoms with Gasteiger partial charge in [-0.05, 0) is 30.7 Å². The van der Waals surface area contributed by atoms with Crippen molar-refractivity contribution in [1.82, 2.24) is 0 Å². The molecule has 1 atom stereocenters. The van der Waals surface area contributed by atoms with E-state index >= 15 is 0 Å². The van der Waals surface area contributed by atoms with E-state index in [2.05, 4.69) is 0 Å². The van der Waals surface area contributed by atoms with Gasteiger partial charge in [0, 0.05) is 10.6 Å². The summed E-state index contributed by atoms with van der Waals surface area (Å²) in [7, 11) is 0. The number of benzene rings is 2. The molecule has 0 bridgehead atoms. The molecule has 0 aromatic heterocycles. The predicted molar refractivity (Wildman–Crippen MR) is 72.9 cm³/mol. The highest BCUT2D eigenvalue weighted by Gasteiger charge is 2.08. The highest BCUT2D eigenvalue weighted by molar-refractivity contribution is 6.31. The Bertz CT molecular complexity index is 509. The Kier molecular flexibility index (Phi) is 4.24. The maximum absolute atomic E-state index is 9.57. The summed E-state index contributed by atoms with van der Waals surface area (Å²) in [5.74, 6) is 0.708. The second kappa shape index (κ2) is 5.89. The third-order valence-electron chi connectivity index (χ3n) is 2.67. The molecule has 3 heteroatoms. The van der Waals surface area contributed by atoms with Gasteiger partial charge in [-0.1, -0.05) is 41.9 Å². The van der Waals surface area contributed by atoms with Gasteiger partial charge < -0.3 is 9.84 Å². The molecule has 0 saturated carbocycles. The average Bonchev–Trinajstić information content (AvgIpc) is 2.38. The van der Waals surface area contributed by atoms with Crippen LogP contribution < -0.4 is 4.74 Å². The van der Waals surface area contributed by atoms with E-state index in [1.165, 1.54) is 0 Å². The monoisotopic (exact) mass is 262 g/mol. The molecule has 0 radical (unpaired) electrons. The lowest BCUT2D eigenvalue weighted by atomic mass is 10.1. The van der Waals surface area contributed by atoms with Gasteiger partial charge in [0.2, 0.25) is 0 Å². The van der Waals surface area contributed by atoms with Gasteiger partial charge >= 0.3 is 0 Å². The Morgan fingerprint density at radius 3 is 2.56 bits per heavy atom. The summed E-state index contributed by atoms with van der Waals surface area (Å²) in [6.45, 7) is 2.18. The fourth-order valence-corrected chi connectivity index (χ4v) is 1.95. The van der Waals surface area contributed by atoms with Gasteiger partial charge in [-0.25, -0.2) is 0 Å². The molecule has 2 aromatic carbocycles. The second-order valence-electron chi connectivity index (χ2n) is 4.13. The Labute approximate surface area is 112 Å². The summed E-state index contributed by atoms with van der Waals surface area (Å²) in [6, 6.07) is 15.2. The zero-order valence-electron chi connectivity index (χ0n) is 10.1. The van der Waals surface area contributed by atoms with Crippen LogP contribution in [0.4, 0.5) is 0 Å². The smallest absolute Gasteiger partial charge is 0.120 e. The quantitative estimate of drug-likeness (QED) is 0.903. The highest BCUT2D eigenvalue weighted by Crippen LogP contribution is 2.27. The number of halogens is 1. The lowest BCUT2D eigenvalue weighted by Crippen LogP contribution is -1.97. The molecule has 1 unspecified atom stereocenters. The van der Waals surface area contributed by atoms with Crippen LogP contribution in [0.1, 0.15) is 24.2 Å². The normalized spacial score (nSPS) is 12.2. The first-order valence-corrected chi connectivity index (χ1v) is 6.19. The first kappa shape index (κ1) is 12.9. The molecule has 2 aromatic rings. The SMILES string of the molecule is CC(O)c1cc(OCc2ccccc2)ccc1Cl. The van der Waals surface area contributed by atoms with E-state index < -0.39 is 6.10 Å². The standard InChI is InChI=1S/C15H15ClO2/c1-11(17)14-9-13(7-8-15(14)16)18-10-12-5-3-2-4-6-12/h2-9,11,17H,10H2,1H3. The summed E-state index contributed by atoms with van der Waals surface area (Å²) < 4.78 is 5.67. The Balaban J connectivity index is 2.08. The molecule has 0 saturated heterocycles. The first-order chi connectivity index (χ1) is 8.66. The van der Waals surface area contributed by atoms with Crippen LogP contribution in [-0.4, -0.2) is 5.11 Å². The molecule has 0 amide bonds. The fraction of sp³-hybridized carbons (Fsp3) is 0.200. The lowest BCUT2D eigenvalue weighted by Gasteiger charge is -2.11. The van der Waals surface area contributed by atoms with Gasteiger partial charge in [0.05, 0.1) is 6.10 Å². The number of ether oxygens (including phenoxy) is 1. The molecule has 0 aliphatic carbocycles. The Morgan fingerprint density at radius 2 is 1.89 bits per heavy atom. The van der Waals surface area contributed by atoms with Crippen molar-refractivity contribution in [3.8, 4) is 5.75 Å². The molecule has 94 valence electrons. The summed E-state index contributed by atoms with van der Waals surface area (Å²) >= 11 is 5.99. The van der Waals surface area contributed by atoms with Gasteiger partial charge in [0.15, 0.2) is 0 Å². The minimum absolute atomic E-state index is 0.502. The molecule has 1 N–H and O–H groups in total. The van der Waals surface area contributed by atoms with Gasteiger partial charge in [0.1, 0.15) is 12.4 Å². The second-order valence-corrected chi connectivity index (χ2v) is 4.54. The summed E-state index contributed by atoms with van der Waals surface area (Å²) in [5.41, 5.74) is 1.79. The minimum atomic E-state index is -0.599. The summed E-state index contributed by atoms with van der Waals surface area (Å²) in [4.78, 5) is 0. The molecule has 0 fully saturated rings. The zero-order valence-corrected chi connectivity index (χ0v) is 10.9. The number of hydrogen-bond acceptors (Lipinski definition) is 2. The molecule has 0 aliphatic heterocycles. The number of hydrogen-bond donors (Lipinski definition) is 1. The van der Waals surface area contributed by atoms with Gasteiger partial charge in [-0.3, -0.25) is 0 Å². The van der Waals surface area contributed by atoms with Crippen molar-refractivity contribution in [1.29, 1.82) is 0 Å². The van der Waals surface area contributed by atoms with Crippen molar-refractivity contribution in [2.45, 2.75) is 19.6 Å². The Hall–Kier alpha value is -1.51. The lowest BCUT2D eigenvalue weighted by molar-refractivity contribution is 0.198. The molecule has 2 nitrogen and oxygen atoms in total. The van der Waals surface area contributed by atoms with E-state index in [1.54, 1.807) is 25.1 Å². The summed E-state index contributed by atoms with van der Waals surface area (Å²) in [6.07, 6.45) is -0.599. The maximum atomic E-state index is 9.57. The van der Waals surface area contributed by atoms with Crippen LogP contribution in [0.3, 0.4) is 0 Å². The third kappa shape index (κ3) is 3.25. The van der Waals surface area contributed by atoms with E-state index in [1.807, 2.05) is 30.3 Å². The molecule has 18 heavy (non-hydrogen) atoms. The predicted octanol–water partition coefficient (Wildman–Crippen LogP) is 3.97. The van der Waals surface area contributed by atoms with Gasteiger partial charge in [0.25, 0.3) is 0 Å². The van der Waals surface area contributed by atoms with Crippen LogP contribution in [0.25, 0.3) is 0 Å². The topological polar surface area (TPSA) is 29.5 Å². The van der Waals surface area contributed by atoms with Crippen LogP contribution in [0.5, 0.6) is 5.75 Å². The first-order valence-electron chi connectivity index (χ1n) is 5.81. The van der Waals surface area contributed by atoms with Gasteiger partial charge in [-0.2, -0.15) is 0 Å². The fourth-order valence-electron chi connectivity index (χ4n) is 1.67. The summed E-state index contributed by atoms with van der Waals surface area (Å²) in [5, 5.41) is 10.1. The van der Waals surface area contributed by atoms with E-state index in [0.717, 1.165) is 5.56 Å². The van der Waals surface area contributed by atoms with E-state index in [9.17, 15) is 5.11 Å². The van der Waals surface area contributed by atoms with Crippen LogP contribution in [0.15, 0.2) is 48.5 Å². The highest BCUT2D eigenvalue weighted by atomic mass is 35.5. The van der Waals surface area contributed by atoms with Crippen molar-refractivity contribution >= 4 is 11.6 Å². The maximum Gasteiger partial charge on any atom is 0.120 e. The third-order valence-corrected chi connectivity index (χ3v) is 3.01. The van der Waals surface area contributed by atoms with Crippen molar-refractivity contribution in [3.05, 3.63) is 64.7 Å². The average molecular weight is 263 g/mol. The van der Waals surface area contributed by atoms with Crippen LogP contribution in [0.2, 0.25) is 5.02 Å². The minimum Gasteiger partial charge on any atom is -0.489 e. The van der Waals surface area contributed by atoms with E-state index in [4.69, 9.17) is 16.3 Å². The van der Waals surface area contributed by atoms with Crippen molar-refractivity contribution in [2.75, 3.05) is 0 Å². The number of rotatable bonds is 4. The molecular weight excluding hydrogens is 248 g/mol. The van der Waals surface area contributed by atoms with E-state index in [-0.39, 0.29) is 0 Å². The zero-order chi connectivity index (χ0) is 13.0. The molecule has 2 rings (SSSR count). The van der Waals surface area contributed by atoms with Crippen molar-refractivity contribution in [2.24, 2.45) is 0 Å². The van der Waals surface area contributed by atoms with Crippen LogP contribution >= 0.6 is 11.6 Å². The Morgan fingerprint density at radius 1 is 1.17 bits per heavy atom. The van der Waals surface area contributed by atoms with E-state index in [0.29, 0.717) is 22.9 Å².